The third-order valence-electron chi connectivity index (χ3n) is 3.99. The highest BCUT2D eigenvalue weighted by Crippen LogP contribution is 2.25. The van der Waals surface area contributed by atoms with E-state index >= 15 is 0 Å². The first-order valence-corrected chi connectivity index (χ1v) is 8.93. The largest absolute Gasteiger partial charge is 0.507 e. The molecule has 2 rings (SSSR count). The number of carbonyl (C=O) groups excluding carboxylic acids is 2. The van der Waals surface area contributed by atoms with E-state index in [9.17, 15) is 14.7 Å². The normalized spacial score (nSPS) is 10.7. The summed E-state index contributed by atoms with van der Waals surface area (Å²) in [7, 11) is 1.59. The number of methoxy groups -OCH3 is 1. The van der Waals surface area contributed by atoms with Gasteiger partial charge in [-0.3, -0.25) is 9.59 Å². The number of ketones is 1. The van der Waals surface area contributed by atoms with Crippen LogP contribution in [0.1, 0.15) is 48.5 Å². The van der Waals surface area contributed by atoms with Gasteiger partial charge >= 0.3 is 5.97 Å². The molecule has 27 heavy (non-hydrogen) atoms. The van der Waals surface area contributed by atoms with Gasteiger partial charge in [-0.15, -0.1) is 0 Å². The molecule has 0 aliphatic heterocycles. The summed E-state index contributed by atoms with van der Waals surface area (Å²) in [5.41, 5.74) is 0.979. The standard InChI is InChI=1S/C22H24O5/c1-3-4-5-6-22(25)27-18-12-13-19(21(24)15-18)20(23)14-9-16-7-10-17(26-2)11-8-16/h7-15,24H,3-6H2,1-2H3/b14-9+. The molecule has 0 aromatic heterocycles. The van der Waals surface area contributed by atoms with Crippen LogP contribution in [0.2, 0.25) is 0 Å². The van der Waals surface area contributed by atoms with E-state index in [1.165, 1.54) is 24.3 Å². The summed E-state index contributed by atoms with van der Waals surface area (Å²) in [6.45, 7) is 2.06. The molecule has 0 bridgehead atoms. The number of benzene rings is 2. The van der Waals surface area contributed by atoms with Crippen LogP contribution in [0.25, 0.3) is 6.08 Å². The van der Waals surface area contributed by atoms with E-state index in [1.54, 1.807) is 25.3 Å². The molecule has 0 saturated heterocycles. The number of esters is 1. The van der Waals surface area contributed by atoms with Crippen molar-refractivity contribution in [3.8, 4) is 17.2 Å². The van der Waals surface area contributed by atoms with E-state index in [4.69, 9.17) is 9.47 Å². The molecule has 5 heteroatoms. The van der Waals surface area contributed by atoms with Crippen molar-refractivity contribution in [2.45, 2.75) is 32.6 Å². The Morgan fingerprint density at radius 3 is 2.37 bits per heavy atom. The third-order valence-corrected chi connectivity index (χ3v) is 3.99. The molecule has 0 atom stereocenters. The lowest BCUT2D eigenvalue weighted by Crippen LogP contribution is -2.07. The van der Waals surface area contributed by atoms with Gasteiger partial charge in [0.2, 0.25) is 0 Å². The Morgan fingerprint density at radius 1 is 1.04 bits per heavy atom. The Kier molecular flexibility index (Phi) is 7.62. The molecule has 0 saturated carbocycles. The van der Waals surface area contributed by atoms with E-state index in [0.717, 1.165) is 30.6 Å². The molecular weight excluding hydrogens is 344 g/mol. The van der Waals surface area contributed by atoms with Crippen LogP contribution in [0.3, 0.4) is 0 Å². The fourth-order valence-corrected chi connectivity index (χ4v) is 2.46. The van der Waals surface area contributed by atoms with Gasteiger partial charge in [-0.05, 0) is 42.3 Å². The Labute approximate surface area is 159 Å². The van der Waals surface area contributed by atoms with Crippen LogP contribution in [0.5, 0.6) is 17.2 Å². The van der Waals surface area contributed by atoms with Crippen LogP contribution in [-0.4, -0.2) is 24.0 Å². The SMILES string of the molecule is CCCCCC(=O)Oc1ccc(C(=O)/C=C/c2ccc(OC)cc2)c(O)c1. The molecule has 0 unspecified atom stereocenters. The van der Waals surface area contributed by atoms with E-state index in [1.807, 2.05) is 12.1 Å². The smallest absolute Gasteiger partial charge is 0.311 e. The van der Waals surface area contributed by atoms with Gasteiger partial charge in [0.15, 0.2) is 5.78 Å². The van der Waals surface area contributed by atoms with Crippen LogP contribution >= 0.6 is 0 Å². The zero-order chi connectivity index (χ0) is 19.6. The second-order valence-electron chi connectivity index (χ2n) is 6.08. The van der Waals surface area contributed by atoms with E-state index in [2.05, 4.69) is 6.92 Å². The van der Waals surface area contributed by atoms with Crippen LogP contribution in [0.4, 0.5) is 0 Å². The van der Waals surface area contributed by atoms with Crippen LogP contribution < -0.4 is 9.47 Å². The molecule has 0 fully saturated rings. The summed E-state index contributed by atoms with van der Waals surface area (Å²) in [6.07, 6.45) is 6.13. The molecule has 0 heterocycles. The molecule has 5 nitrogen and oxygen atoms in total. The van der Waals surface area contributed by atoms with Crippen molar-refractivity contribution in [2.24, 2.45) is 0 Å². The van der Waals surface area contributed by atoms with Gasteiger partial charge in [0.05, 0.1) is 12.7 Å². The highest BCUT2D eigenvalue weighted by Gasteiger charge is 2.11. The zero-order valence-corrected chi connectivity index (χ0v) is 15.6. The van der Waals surface area contributed by atoms with Crippen LogP contribution in [0, 0.1) is 0 Å². The first-order chi connectivity index (χ1) is 13.0. The molecule has 0 amide bonds. The van der Waals surface area contributed by atoms with Crippen LogP contribution in [-0.2, 0) is 4.79 Å². The topological polar surface area (TPSA) is 72.8 Å². The fourth-order valence-electron chi connectivity index (χ4n) is 2.46. The Bertz CT molecular complexity index is 806. The molecule has 0 aliphatic carbocycles. The van der Waals surface area contributed by atoms with Gasteiger partial charge in [0, 0.05) is 12.5 Å². The van der Waals surface area contributed by atoms with Crippen molar-refractivity contribution >= 4 is 17.8 Å². The minimum absolute atomic E-state index is 0.144. The summed E-state index contributed by atoms with van der Waals surface area (Å²) in [6, 6.07) is 11.5. The van der Waals surface area contributed by atoms with Gasteiger partial charge in [0.25, 0.3) is 0 Å². The minimum Gasteiger partial charge on any atom is -0.507 e. The number of aromatic hydroxyl groups is 1. The van der Waals surface area contributed by atoms with Crippen molar-refractivity contribution in [3.63, 3.8) is 0 Å². The maximum absolute atomic E-state index is 12.3. The summed E-state index contributed by atoms with van der Waals surface area (Å²) in [5, 5.41) is 10.1. The van der Waals surface area contributed by atoms with Crippen molar-refractivity contribution in [2.75, 3.05) is 7.11 Å². The lowest BCUT2D eigenvalue weighted by Gasteiger charge is -2.06. The second-order valence-corrected chi connectivity index (χ2v) is 6.08. The van der Waals surface area contributed by atoms with Crippen molar-refractivity contribution in [1.29, 1.82) is 0 Å². The lowest BCUT2D eigenvalue weighted by molar-refractivity contribution is -0.134. The van der Waals surface area contributed by atoms with Gasteiger partial charge in [-0.1, -0.05) is 38.0 Å². The highest BCUT2D eigenvalue weighted by atomic mass is 16.5. The monoisotopic (exact) mass is 368 g/mol. The van der Waals surface area contributed by atoms with Crippen LogP contribution in [0.15, 0.2) is 48.5 Å². The number of rotatable bonds is 9. The molecule has 0 spiro atoms. The van der Waals surface area contributed by atoms with Gasteiger partial charge in [0.1, 0.15) is 17.2 Å². The molecule has 142 valence electrons. The molecule has 2 aromatic rings. The molecule has 1 N–H and O–H groups in total. The predicted molar refractivity (Wildman–Crippen MR) is 104 cm³/mol. The molecule has 2 aromatic carbocycles. The third kappa shape index (κ3) is 6.29. The van der Waals surface area contributed by atoms with Gasteiger partial charge < -0.3 is 14.6 Å². The number of phenols is 1. The molecular formula is C22H24O5. The zero-order valence-electron chi connectivity index (χ0n) is 15.6. The Balaban J connectivity index is 2.00. The van der Waals surface area contributed by atoms with E-state index in [-0.39, 0.29) is 28.8 Å². The summed E-state index contributed by atoms with van der Waals surface area (Å²) >= 11 is 0. The fraction of sp³-hybridized carbons (Fsp3) is 0.273. The first kappa shape index (κ1) is 20.2. The summed E-state index contributed by atoms with van der Waals surface area (Å²) in [5.74, 6) is 0.0457. The van der Waals surface area contributed by atoms with Gasteiger partial charge in [-0.25, -0.2) is 0 Å². The summed E-state index contributed by atoms with van der Waals surface area (Å²) < 4.78 is 10.3. The minimum atomic E-state index is -0.346. The van der Waals surface area contributed by atoms with E-state index in [0.29, 0.717) is 6.42 Å². The summed E-state index contributed by atoms with van der Waals surface area (Å²) in [4.78, 5) is 24.0. The molecule has 0 radical (unpaired) electrons. The number of allylic oxidation sites excluding steroid dienone is 1. The highest BCUT2D eigenvalue weighted by molar-refractivity contribution is 6.08. The number of phenolic OH excluding ortho intramolecular Hbond substituents is 1. The van der Waals surface area contributed by atoms with Crippen molar-refractivity contribution in [1.82, 2.24) is 0 Å². The Morgan fingerprint density at radius 2 is 1.74 bits per heavy atom. The number of carbonyl (C=O) groups is 2. The van der Waals surface area contributed by atoms with E-state index < -0.39 is 0 Å². The lowest BCUT2D eigenvalue weighted by atomic mass is 10.1. The van der Waals surface area contributed by atoms with Gasteiger partial charge in [-0.2, -0.15) is 0 Å². The quantitative estimate of drug-likeness (QED) is 0.227. The average Bonchev–Trinajstić information content (AvgIpc) is 2.67. The number of ether oxygens (including phenoxy) is 2. The van der Waals surface area contributed by atoms with Crippen molar-refractivity contribution < 1.29 is 24.2 Å². The number of hydrogen-bond acceptors (Lipinski definition) is 5. The predicted octanol–water partition coefficient (Wildman–Crippen LogP) is 4.78. The number of hydrogen-bond donors (Lipinski definition) is 1. The second kappa shape index (κ2) is 10.2. The maximum Gasteiger partial charge on any atom is 0.311 e. The number of unbranched alkanes of at least 4 members (excludes halogenated alkanes) is 2. The first-order valence-electron chi connectivity index (χ1n) is 8.93. The average molecular weight is 368 g/mol. The maximum atomic E-state index is 12.3. The Hall–Kier alpha value is -3.08. The van der Waals surface area contributed by atoms with Crippen molar-refractivity contribution in [3.05, 3.63) is 59.7 Å². The molecule has 0 aliphatic rings.